The molecule has 0 spiro atoms. The summed E-state index contributed by atoms with van der Waals surface area (Å²) < 4.78 is 10.9. The van der Waals surface area contributed by atoms with Crippen LogP contribution in [0.4, 0.5) is 0 Å². The molecule has 0 aromatic rings. The van der Waals surface area contributed by atoms with Crippen molar-refractivity contribution in [2.45, 2.75) is 57.5 Å². The van der Waals surface area contributed by atoms with E-state index < -0.39 is 6.04 Å². The van der Waals surface area contributed by atoms with Gasteiger partial charge in [-0.1, -0.05) is 0 Å². The molecule has 2 N–H and O–H groups in total. The molecule has 1 heterocycles. The van der Waals surface area contributed by atoms with E-state index in [1.54, 1.807) is 0 Å². The Labute approximate surface area is 102 Å². The van der Waals surface area contributed by atoms with Crippen molar-refractivity contribution < 1.29 is 14.3 Å². The zero-order valence-electron chi connectivity index (χ0n) is 9.89. The lowest BCUT2D eigenvalue weighted by atomic mass is 10.0. The Morgan fingerprint density at radius 2 is 2.06 bits per heavy atom. The molecule has 0 radical (unpaired) electrons. The van der Waals surface area contributed by atoms with Gasteiger partial charge in [-0.05, 0) is 26.0 Å². The normalized spacial score (nSPS) is 32.1. The van der Waals surface area contributed by atoms with E-state index in [1.807, 2.05) is 13.8 Å². The Kier molecular flexibility index (Phi) is 5.58. The fourth-order valence-corrected chi connectivity index (χ4v) is 2.23. The minimum atomic E-state index is -0.550. The lowest BCUT2D eigenvalue weighted by Gasteiger charge is -2.32. The second kappa shape index (κ2) is 6.47. The molecular weight excluding hydrogens is 226 g/mol. The summed E-state index contributed by atoms with van der Waals surface area (Å²) in [5.41, 5.74) is 5.66. The van der Waals surface area contributed by atoms with Crippen LogP contribution in [0.25, 0.3) is 0 Å². The molecule has 1 aliphatic rings. The van der Waals surface area contributed by atoms with E-state index >= 15 is 0 Å². The standard InChI is InChI=1S/C11H21NO3S/c1-7-5-9(6-8(2)14-7)15-11(13)10(12)3-4-16/h7-10,16H,3-6,12H2,1-2H3. The summed E-state index contributed by atoms with van der Waals surface area (Å²) in [6.45, 7) is 3.98. The van der Waals surface area contributed by atoms with Gasteiger partial charge in [0.15, 0.2) is 0 Å². The summed E-state index contributed by atoms with van der Waals surface area (Å²) in [6, 6.07) is -0.550. The number of hydrogen-bond donors (Lipinski definition) is 2. The lowest BCUT2D eigenvalue weighted by molar-refractivity contribution is -0.161. The van der Waals surface area contributed by atoms with E-state index in [1.165, 1.54) is 0 Å². The average molecular weight is 247 g/mol. The predicted molar refractivity (Wildman–Crippen MR) is 65.6 cm³/mol. The molecule has 0 aromatic heterocycles. The third-order valence-electron chi connectivity index (χ3n) is 2.68. The van der Waals surface area contributed by atoms with Crippen molar-refractivity contribution in [2.24, 2.45) is 5.73 Å². The first-order valence-corrected chi connectivity index (χ1v) is 6.38. The van der Waals surface area contributed by atoms with Gasteiger partial charge in [0.05, 0.1) is 12.2 Å². The topological polar surface area (TPSA) is 61.5 Å². The highest BCUT2D eigenvalue weighted by atomic mass is 32.1. The Balaban J connectivity index is 2.38. The summed E-state index contributed by atoms with van der Waals surface area (Å²) in [7, 11) is 0. The lowest BCUT2D eigenvalue weighted by Crippen LogP contribution is -2.40. The summed E-state index contributed by atoms with van der Waals surface area (Å²) in [5.74, 6) is 0.275. The molecular formula is C11H21NO3S. The van der Waals surface area contributed by atoms with Crippen molar-refractivity contribution in [3.8, 4) is 0 Å². The average Bonchev–Trinajstić information content (AvgIpc) is 2.16. The van der Waals surface area contributed by atoms with Crippen molar-refractivity contribution in [1.82, 2.24) is 0 Å². The molecule has 0 bridgehead atoms. The SMILES string of the molecule is CC1CC(OC(=O)C(N)CCS)CC(C)O1. The number of rotatable bonds is 4. The van der Waals surface area contributed by atoms with Gasteiger partial charge < -0.3 is 15.2 Å². The van der Waals surface area contributed by atoms with Crippen molar-refractivity contribution in [2.75, 3.05) is 5.75 Å². The van der Waals surface area contributed by atoms with Crippen LogP contribution in [0, 0.1) is 0 Å². The highest BCUT2D eigenvalue weighted by molar-refractivity contribution is 7.80. The summed E-state index contributed by atoms with van der Waals surface area (Å²) in [5, 5.41) is 0. The third-order valence-corrected chi connectivity index (χ3v) is 2.94. The maximum absolute atomic E-state index is 11.6. The van der Waals surface area contributed by atoms with Crippen molar-refractivity contribution >= 4 is 18.6 Å². The van der Waals surface area contributed by atoms with Crippen LogP contribution >= 0.6 is 12.6 Å². The quantitative estimate of drug-likeness (QED) is 0.577. The van der Waals surface area contributed by atoms with Crippen molar-refractivity contribution in [1.29, 1.82) is 0 Å². The van der Waals surface area contributed by atoms with Gasteiger partial charge in [-0.25, -0.2) is 0 Å². The van der Waals surface area contributed by atoms with Gasteiger partial charge in [0.25, 0.3) is 0 Å². The number of carbonyl (C=O) groups excluding carboxylic acids is 1. The van der Waals surface area contributed by atoms with E-state index in [-0.39, 0.29) is 24.3 Å². The first kappa shape index (κ1) is 13.8. The largest absolute Gasteiger partial charge is 0.461 e. The molecule has 1 fully saturated rings. The van der Waals surface area contributed by atoms with Gasteiger partial charge in [-0.15, -0.1) is 0 Å². The minimum Gasteiger partial charge on any atom is -0.461 e. The molecule has 0 aliphatic carbocycles. The van der Waals surface area contributed by atoms with E-state index in [4.69, 9.17) is 15.2 Å². The number of thiol groups is 1. The van der Waals surface area contributed by atoms with Crippen LogP contribution < -0.4 is 5.73 Å². The van der Waals surface area contributed by atoms with Crippen molar-refractivity contribution in [3.63, 3.8) is 0 Å². The van der Waals surface area contributed by atoms with Gasteiger partial charge in [0.1, 0.15) is 12.1 Å². The number of ether oxygens (including phenoxy) is 2. The molecule has 94 valence electrons. The molecule has 3 unspecified atom stereocenters. The van der Waals surface area contributed by atoms with Gasteiger partial charge in [-0.3, -0.25) is 4.79 Å². The van der Waals surface area contributed by atoms with Crippen LogP contribution in [0.3, 0.4) is 0 Å². The smallest absolute Gasteiger partial charge is 0.323 e. The molecule has 4 nitrogen and oxygen atoms in total. The molecule has 3 atom stereocenters. The Morgan fingerprint density at radius 1 is 1.50 bits per heavy atom. The predicted octanol–water partition coefficient (Wildman–Crippen LogP) is 1.13. The molecule has 0 aromatic carbocycles. The highest BCUT2D eigenvalue weighted by Gasteiger charge is 2.28. The van der Waals surface area contributed by atoms with Gasteiger partial charge in [0, 0.05) is 12.8 Å². The number of hydrogen-bond acceptors (Lipinski definition) is 5. The third kappa shape index (κ3) is 4.31. The number of carbonyl (C=O) groups is 1. The first-order chi connectivity index (χ1) is 7.52. The summed E-state index contributed by atoms with van der Waals surface area (Å²) >= 11 is 4.04. The van der Waals surface area contributed by atoms with E-state index in [2.05, 4.69) is 12.6 Å². The van der Waals surface area contributed by atoms with Crippen molar-refractivity contribution in [3.05, 3.63) is 0 Å². The maximum Gasteiger partial charge on any atom is 0.323 e. The molecule has 1 aliphatic heterocycles. The van der Waals surface area contributed by atoms with E-state index in [0.29, 0.717) is 12.2 Å². The fraction of sp³-hybridized carbons (Fsp3) is 0.909. The summed E-state index contributed by atoms with van der Waals surface area (Å²) in [6.07, 6.45) is 2.28. The van der Waals surface area contributed by atoms with Crippen LogP contribution in [-0.2, 0) is 14.3 Å². The Morgan fingerprint density at radius 3 is 2.56 bits per heavy atom. The van der Waals surface area contributed by atoms with E-state index in [9.17, 15) is 4.79 Å². The summed E-state index contributed by atoms with van der Waals surface area (Å²) in [4.78, 5) is 11.6. The van der Waals surface area contributed by atoms with Gasteiger partial charge in [-0.2, -0.15) is 12.6 Å². The minimum absolute atomic E-state index is 0.0581. The van der Waals surface area contributed by atoms with Crippen LogP contribution in [-0.4, -0.2) is 36.1 Å². The van der Waals surface area contributed by atoms with Crippen LogP contribution in [0.5, 0.6) is 0 Å². The molecule has 5 heteroatoms. The second-order valence-electron chi connectivity index (χ2n) is 4.41. The van der Waals surface area contributed by atoms with Crippen LogP contribution in [0.15, 0.2) is 0 Å². The maximum atomic E-state index is 11.6. The monoisotopic (exact) mass is 247 g/mol. The number of nitrogens with two attached hydrogens (primary N) is 1. The van der Waals surface area contributed by atoms with Crippen LogP contribution in [0.2, 0.25) is 0 Å². The molecule has 1 rings (SSSR count). The zero-order chi connectivity index (χ0) is 12.1. The highest BCUT2D eigenvalue weighted by Crippen LogP contribution is 2.22. The molecule has 16 heavy (non-hydrogen) atoms. The van der Waals surface area contributed by atoms with E-state index in [0.717, 1.165) is 12.8 Å². The van der Waals surface area contributed by atoms with Gasteiger partial charge in [0.2, 0.25) is 0 Å². The Hall–Kier alpha value is -0.260. The van der Waals surface area contributed by atoms with Gasteiger partial charge >= 0.3 is 5.97 Å². The molecule has 0 saturated carbocycles. The fourth-order valence-electron chi connectivity index (χ4n) is 1.95. The second-order valence-corrected chi connectivity index (χ2v) is 4.85. The van der Waals surface area contributed by atoms with Crippen LogP contribution in [0.1, 0.15) is 33.1 Å². The first-order valence-electron chi connectivity index (χ1n) is 5.75. The zero-order valence-corrected chi connectivity index (χ0v) is 10.8. The Bertz CT molecular complexity index is 227. The number of esters is 1. The molecule has 0 amide bonds. The molecule has 1 saturated heterocycles.